The van der Waals surface area contributed by atoms with Crippen molar-refractivity contribution in [1.29, 1.82) is 0 Å². The molecule has 0 amide bonds. The molecular formula is C16H24ClN3. The van der Waals surface area contributed by atoms with Gasteiger partial charge in [0.1, 0.15) is 0 Å². The average Bonchev–Trinajstić information content (AvgIpc) is 2.47. The molecule has 4 heteroatoms. The second-order valence-electron chi connectivity index (χ2n) is 5.06. The Kier molecular flexibility index (Phi) is 7.48. The lowest BCUT2D eigenvalue weighted by Crippen LogP contribution is -2.09. The van der Waals surface area contributed by atoms with Crippen molar-refractivity contribution < 1.29 is 0 Å². The van der Waals surface area contributed by atoms with Crippen molar-refractivity contribution in [3.05, 3.63) is 35.7 Å². The van der Waals surface area contributed by atoms with Crippen molar-refractivity contribution in [1.82, 2.24) is 9.97 Å². The molecular weight excluding hydrogens is 270 g/mol. The van der Waals surface area contributed by atoms with Crippen LogP contribution in [0.15, 0.2) is 24.4 Å². The first-order valence-electron chi connectivity index (χ1n) is 7.09. The largest absolute Gasteiger partial charge is 0.330 e. The number of pyridine rings is 2. The highest BCUT2D eigenvalue weighted by Gasteiger charge is 2.02. The van der Waals surface area contributed by atoms with E-state index in [1.54, 1.807) is 6.20 Å². The topological polar surface area (TPSA) is 51.8 Å². The van der Waals surface area contributed by atoms with Crippen molar-refractivity contribution >= 4 is 22.6 Å². The Morgan fingerprint density at radius 3 is 2.70 bits per heavy atom. The first-order chi connectivity index (χ1) is 9.62. The predicted octanol–water partition coefficient (Wildman–Crippen LogP) is 4.06. The fourth-order valence-electron chi connectivity index (χ4n) is 1.99. The number of aryl methyl sites for hydroxylation is 1. The van der Waals surface area contributed by atoms with Gasteiger partial charge >= 0.3 is 0 Å². The Morgan fingerprint density at radius 1 is 1.40 bits per heavy atom. The fourth-order valence-corrected chi connectivity index (χ4v) is 2.19. The van der Waals surface area contributed by atoms with E-state index in [1.807, 2.05) is 25.1 Å². The molecule has 0 aliphatic carbocycles. The van der Waals surface area contributed by atoms with Crippen molar-refractivity contribution in [2.24, 2.45) is 11.7 Å². The van der Waals surface area contributed by atoms with Crippen LogP contribution in [0.25, 0.3) is 11.0 Å². The maximum atomic E-state index is 5.81. The number of alkyl halides is 1. The van der Waals surface area contributed by atoms with Gasteiger partial charge < -0.3 is 5.73 Å². The minimum absolute atomic E-state index is 0.483. The van der Waals surface area contributed by atoms with Crippen molar-refractivity contribution in [3.8, 4) is 0 Å². The van der Waals surface area contributed by atoms with Crippen LogP contribution >= 0.6 is 11.6 Å². The van der Waals surface area contributed by atoms with Crippen LogP contribution in [-0.4, -0.2) is 16.5 Å². The summed E-state index contributed by atoms with van der Waals surface area (Å²) in [5, 5.41) is 0. The molecule has 0 bridgehead atoms. The van der Waals surface area contributed by atoms with E-state index in [9.17, 15) is 0 Å². The summed E-state index contributed by atoms with van der Waals surface area (Å²) in [7, 11) is 0. The van der Waals surface area contributed by atoms with Gasteiger partial charge in [-0.05, 0) is 49.6 Å². The Balaban J connectivity index is 0.000000246. The number of nitrogens with two attached hydrogens (primary N) is 1. The zero-order valence-electron chi connectivity index (χ0n) is 12.6. The van der Waals surface area contributed by atoms with Gasteiger partial charge in [-0.25, -0.2) is 0 Å². The lowest BCUT2D eigenvalue weighted by Gasteiger charge is -2.02. The molecule has 2 heterocycles. The van der Waals surface area contributed by atoms with Gasteiger partial charge in [-0.1, -0.05) is 20.3 Å². The van der Waals surface area contributed by atoms with E-state index in [2.05, 4.69) is 23.8 Å². The molecule has 0 fully saturated rings. The normalized spacial score (nSPS) is 11.8. The molecule has 0 spiro atoms. The van der Waals surface area contributed by atoms with E-state index in [0.717, 1.165) is 34.8 Å². The summed E-state index contributed by atoms with van der Waals surface area (Å²) >= 11 is 5.81. The van der Waals surface area contributed by atoms with Crippen LogP contribution in [0.1, 0.15) is 37.9 Å². The van der Waals surface area contributed by atoms with Gasteiger partial charge in [-0.2, -0.15) is 0 Å². The van der Waals surface area contributed by atoms with Crippen LogP contribution in [0.3, 0.4) is 0 Å². The SMILES string of the molecule is CCCC(C)CN.Cc1cc(CCl)c2ncccc2n1. The Hall–Kier alpha value is -1.19. The summed E-state index contributed by atoms with van der Waals surface area (Å²) in [5.41, 5.74) is 9.21. The number of hydrogen-bond donors (Lipinski definition) is 1. The molecule has 110 valence electrons. The molecule has 2 aromatic rings. The minimum Gasteiger partial charge on any atom is -0.330 e. The minimum atomic E-state index is 0.483. The van der Waals surface area contributed by atoms with Crippen LogP contribution in [0.4, 0.5) is 0 Å². The highest BCUT2D eigenvalue weighted by atomic mass is 35.5. The smallest absolute Gasteiger partial charge is 0.0930 e. The van der Waals surface area contributed by atoms with E-state index in [-0.39, 0.29) is 0 Å². The first kappa shape index (κ1) is 16.9. The maximum absolute atomic E-state index is 5.81. The monoisotopic (exact) mass is 293 g/mol. The molecule has 2 rings (SSSR count). The number of rotatable bonds is 4. The van der Waals surface area contributed by atoms with E-state index in [4.69, 9.17) is 17.3 Å². The number of hydrogen-bond acceptors (Lipinski definition) is 3. The summed E-state index contributed by atoms with van der Waals surface area (Å²) in [4.78, 5) is 8.61. The molecule has 20 heavy (non-hydrogen) atoms. The van der Waals surface area contributed by atoms with E-state index < -0.39 is 0 Å². The Labute approximate surface area is 126 Å². The average molecular weight is 294 g/mol. The van der Waals surface area contributed by atoms with E-state index >= 15 is 0 Å². The summed E-state index contributed by atoms with van der Waals surface area (Å²) in [6.07, 6.45) is 4.30. The first-order valence-corrected chi connectivity index (χ1v) is 7.63. The van der Waals surface area contributed by atoms with Gasteiger partial charge in [0.05, 0.1) is 11.0 Å². The molecule has 0 aliphatic rings. The molecule has 0 saturated carbocycles. The second-order valence-corrected chi connectivity index (χ2v) is 5.32. The zero-order valence-corrected chi connectivity index (χ0v) is 13.3. The molecule has 1 unspecified atom stereocenters. The standard InChI is InChI=1S/C10H9ClN2.C6H15N/c1-7-5-8(6-11)10-9(13-7)3-2-4-12-10;1-3-4-6(2)5-7/h2-5H,6H2,1H3;6H,3-5,7H2,1-2H3. The number of aromatic nitrogens is 2. The Morgan fingerprint density at radius 2 is 2.15 bits per heavy atom. The van der Waals surface area contributed by atoms with Crippen LogP contribution < -0.4 is 5.73 Å². The zero-order chi connectivity index (χ0) is 15.0. The van der Waals surface area contributed by atoms with Gasteiger partial charge in [-0.15, -0.1) is 11.6 Å². The van der Waals surface area contributed by atoms with Gasteiger partial charge in [0.15, 0.2) is 0 Å². The van der Waals surface area contributed by atoms with Crippen LogP contribution in [0.5, 0.6) is 0 Å². The highest BCUT2D eigenvalue weighted by Crippen LogP contribution is 2.16. The molecule has 1 atom stereocenters. The summed E-state index contributed by atoms with van der Waals surface area (Å²) in [6, 6.07) is 5.81. The summed E-state index contributed by atoms with van der Waals surface area (Å²) < 4.78 is 0. The molecule has 0 aromatic carbocycles. The molecule has 0 radical (unpaired) electrons. The number of nitrogens with zero attached hydrogens (tertiary/aromatic N) is 2. The van der Waals surface area contributed by atoms with Gasteiger partial charge in [0, 0.05) is 17.8 Å². The van der Waals surface area contributed by atoms with Gasteiger partial charge in [-0.3, -0.25) is 9.97 Å². The van der Waals surface area contributed by atoms with Gasteiger partial charge in [0.25, 0.3) is 0 Å². The third-order valence-electron chi connectivity index (χ3n) is 3.10. The third-order valence-corrected chi connectivity index (χ3v) is 3.39. The predicted molar refractivity (Wildman–Crippen MR) is 87.0 cm³/mol. The van der Waals surface area contributed by atoms with Crippen LogP contribution in [0.2, 0.25) is 0 Å². The molecule has 3 nitrogen and oxygen atoms in total. The van der Waals surface area contributed by atoms with Crippen molar-refractivity contribution in [3.63, 3.8) is 0 Å². The van der Waals surface area contributed by atoms with Gasteiger partial charge in [0.2, 0.25) is 0 Å². The summed E-state index contributed by atoms with van der Waals surface area (Å²) in [6.45, 7) is 7.17. The molecule has 0 aliphatic heterocycles. The van der Waals surface area contributed by atoms with E-state index in [0.29, 0.717) is 5.88 Å². The maximum Gasteiger partial charge on any atom is 0.0930 e. The quantitative estimate of drug-likeness (QED) is 0.865. The van der Waals surface area contributed by atoms with E-state index in [1.165, 1.54) is 12.8 Å². The second kappa shape index (κ2) is 8.88. The number of halogens is 1. The fraction of sp³-hybridized carbons (Fsp3) is 0.500. The highest BCUT2D eigenvalue weighted by molar-refractivity contribution is 6.17. The third kappa shape index (κ3) is 5.06. The lowest BCUT2D eigenvalue weighted by molar-refractivity contribution is 0.536. The van der Waals surface area contributed by atoms with Crippen LogP contribution in [-0.2, 0) is 5.88 Å². The summed E-state index contributed by atoms with van der Waals surface area (Å²) in [5.74, 6) is 1.21. The molecule has 2 N–H and O–H groups in total. The van der Waals surface area contributed by atoms with Crippen LogP contribution in [0, 0.1) is 12.8 Å². The Bertz CT molecular complexity index is 528. The number of fused-ring (bicyclic) bond motifs is 1. The van der Waals surface area contributed by atoms with Crippen molar-refractivity contribution in [2.45, 2.75) is 39.5 Å². The lowest BCUT2D eigenvalue weighted by atomic mass is 10.1. The van der Waals surface area contributed by atoms with Crippen molar-refractivity contribution in [2.75, 3.05) is 6.54 Å². The molecule has 0 saturated heterocycles. The molecule has 2 aromatic heterocycles.